The van der Waals surface area contributed by atoms with Gasteiger partial charge >= 0.3 is 6.03 Å². The number of thioether (sulfide) groups is 1. The Morgan fingerprint density at radius 1 is 1.14 bits per heavy atom. The Labute approximate surface area is 169 Å². The smallest absolute Gasteiger partial charge is 0.321 e. The van der Waals surface area contributed by atoms with Gasteiger partial charge in [0.1, 0.15) is 0 Å². The second-order valence-corrected chi connectivity index (χ2v) is 8.52. The number of hydrogen-bond acceptors (Lipinski definition) is 6. The summed E-state index contributed by atoms with van der Waals surface area (Å²) in [5.74, 6) is 0.0255. The highest BCUT2D eigenvalue weighted by Gasteiger charge is 2.22. The molecule has 1 atom stereocenters. The summed E-state index contributed by atoms with van der Waals surface area (Å²) in [7, 11) is 0. The lowest BCUT2D eigenvalue weighted by Gasteiger charge is -2.22. The fourth-order valence-electron chi connectivity index (χ4n) is 3.14. The average Bonchev–Trinajstić information content (AvgIpc) is 3.13. The summed E-state index contributed by atoms with van der Waals surface area (Å²) >= 11 is 1.13. The summed E-state index contributed by atoms with van der Waals surface area (Å²) in [5.41, 5.74) is 3.17. The van der Waals surface area contributed by atoms with E-state index in [0.29, 0.717) is 11.1 Å². The number of nitrogens with zero attached hydrogens (tertiary/aromatic N) is 2. The van der Waals surface area contributed by atoms with Crippen molar-refractivity contribution in [3.05, 3.63) is 29.3 Å². The van der Waals surface area contributed by atoms with Crippen molar-refractivity contribution in [1.82, 2.24) is 20.8 Å². The summed E-state index contributed by atoms with van der Waals surface area (Å²) in [6, 6.07) is 5.63. The standard InChI is InChI=1S/C20H26N4O3S/c1-12-9-10-15(11-13(12)2)18-23-24-20(27-18)28-14(3)17(25)22-19(26)21-16-7-5-4-6-8-16/h9-11,14,16H,4-8H2,1-3H3,(H2,21,22,25,26)/t14-/m0/s1. The van der Waals surface area contributed by atoms with Crippen molar-refractivity contribution >= 4 is 23.7 Å². The molecule has 1 aliphatic rings. The van der Waals surface area contributed by atoms with Crippen LogP contribution in [0.1, 0.15) is 50.2 Å². The molecule has 2 N–H and O–H groups in total. The van der Waals surface area contributed by atoms with Crippen LogP contribution in [-0.4, -0.2) is 33.4 Å². The van der Waals surface area contributed by atoms with E-state index in [9.17, 15) is 9.59 Å². The minimum absolute atomic E-state index is 0.154. The highest BCUT2D eigenvalue weighted by molar-refractivity contribution is 8.00. The number of urea groups is 1. The molecular weight excluding hydrogens is 376 g/mol. The van der Waals surface area contributed by atoms with Gasteiger partial charge in [0.15, 0.2) is 0 Å². The fourth-order valence-corrected chi connectivity index (χ4v) is 3.82. The van der Waals surface area contributed by atoms with E-state index < -0.39 is 11.3 Å². The lowest BCUT2D eigenvalue weighted by atomic mass is 9.96. The van der Waals surface area contributed by atoms with Crippen molar-refractivity contribution in [2.75, 3.05) is 0 Å². The van der Waals surface area contributed by atoms with Gasteiger partial charge in [-0.1, -0.05) is 37.1 Å². The topological polar surface area (TPSA) is 97.1 Å². The number of hydrogen-bond donors (Lipinski definition) is 2. The zero-order valence-electron chi connectivity index (χ0n) is 16.4. The third kappa shape index (κ3) is 5.34. The first kappa shape index (κ1) is 20.4. The average molecular weight is 403 g/mol. The molecule has 1 aromatic carbocycles. The molecule has 8 heteroatoms. The van der Waals surface area contributed by atoms with E-state index in [2.05, 4.69) is 20.8 Å². The predicted molar refractivity (Wildman–Crippen MR) is 108 cm³/mol. The number of amides is 3. The molecule has 0 saturated heterocycles. The van der Waals surface area contributed by atoms with Crippen LogP contribution in [0, 0.1) is 13.8 Å². The van der Waals surface area contributed by atoms with E-state index in [1.54, 1.807) is 6.92 Å². The fraction of sp³-hybridized carbons (Fsp3) is 0.500. The van der Waals surface area contributed by atoms with Crippen molar-refractivity contribution in [3.8, 4) is 11.5 Å². The number of aryl methyl sites for hydroxylation is 2. The molecule has 2 aromatic rings. The normalized spacial score (nSPS) is 15.8. The molecule has 0 aliphatic heterocycles. The molecule has 3 amide bonds. The van der Waals surface area contributed by atoms with Crippen LogP contribution in [0.4, 0.5) is 4.79 Å². The minimum Gasteiger partial charge on any atom is -0.411 e. The third-order valence-corrected chi connectivity index (χ3v) is 5.92. The monoisotopic (exact) mass is 402 g/mol. The Bertz CT molecular complexity index is 846. The van der Waals surface area contributed by atoms with Crippen LogP contribution in [-0.2, 0) is 4.79 Å². The predicted octanol–water partition coefficient (Wildman–Crippen LogP) is 3.99. The summed E-state index contributed by atoms with van der Waals surface area (Å²) in [5, 5.41) is 13.1. The van der Waals surface area contributed by atoms with Gasteiger partial charge in [-0.15, -0.1) is 10.2 Å². The zero-order chi connectivity index (χ0) is 20.1. The molecule has 1 aromatic heterocycles. The maximum atomic E-state index is 12.3. The minimum atomic E-state index is -0.537. The molecule has 3 rings (SSSR count). The number of carbonyl (C=O) groups is 2. The van der Waals surface area contributed by atoms with Gasteiger partial charge in [0.05, 0.1) is 5.25 Å². The van der Waals surface area contributed by atoms with E-state index in [1.165, 1.54) is 12.0 Å². The summed E-state index contributed by atoms with van der Waals surface area (Å²) < 4.78 is 5.67. The van der Waals surface area contributed by atoms with Crippen LogP contribution in [0.2, 0.25) is 0 Å². The summed E-state index contributed by atoms with van der Waals surface area (Å²) in [6.07, 6.45) is 5.38. The molecule has 0 bridgehead atoms. The number of aromatic nitrogens is 2. The van der Waals surface area contributed by atoms with Gasteiger partial charge in [-0.2, -0.15) is 0 Å². The maximum Gasteiger partial charge on any atom is 0.321 e. The van der Waals surface area contributed by atoms with E-state index in [-0.39, 0.29) is 11.9 Å². The first-order valence-corrected chi connectivity index (χ1v) is 10.5. The Kier molecular flexibility index (Phi) is 6.72. The Hall–Kier alpha value is -2.35. The van der Waals surface area contributed by atoms with Crippen molar-refractivity contribution < 1.29 is 14.0 Å². The maximum absolute atomic E-state index is 12.3. The first-order chi connectivity index (χ1) is 13.4. The van der Waals surface area contributed by atoms with Gasteiger partial charge in [0.25, 0.3) is 5.22 Å². The molecule has 28 heavy (non-hydrogen) atoms. The molecule has 0 radical (unpaired) electrons. The van der Waals surface area contributed by atoms with Crippen LogP contribution in [0.3, 0.4) is 0 Å². The Morgan fingerprint density at radius 2 is 1.89 bits per heavy atom. The van der Waals surface area contributed by atoms with Crippen LogP contribution < -0.4 is 10.6 Å². The Balaban J connectivity index is 1.53. The van der Waals surface area contributed by atoms with Gasteiger partial charge in [0, 0.05) is 11.6 Å². The lowest BCUT2D eigenvalue weighted by molar-refractivity contribution is -0.119. The molecule has 0 spiro atoms. The highest BCUT2D eigenvalue weighted by Crippen LogP contribution is 2.27. The van der Waals surface area contributed by atoms with Gasteiger partial charge in [0.2, 0.25) is 11.8 Å². The highest BCUT2D eigenvalue weighted by atomic mass is 32.2. The van der Waals surface area contributed by atoms with Crippen LogP contribution in [0.15, 0.2) is 27.8 Å². The van der Waals surface area contributed by atoms with Gasteiger partial charge < -0.3 is 9.73 Å². The third-order valence-electron chi connectivity index (χ3n) is 4.98. The molecule has 1 saturated carbocycles. The first-order valence-electron chi connectivity index (χ1n) is 9.61. The van der Waals surface area contributed by atoms with Crippen molar-refractivity contribution in [3.63, 3.8) is 0 Å². The largest absolute Gasteiger partial charge is 0.411 e. The van der Waals surface area contributed by atoms with Crippen LogP contribution in [0.25, 0.3) is 11.5 Å². The number of rotatable bonds is 5. The van der Waals surface area contributed by atoms with E-state index in [4.69, 9.17) is 4.42 Å². The van der Waals surface area contributed by atoms with Crippen LogP contribution in [0.5, 0.6) is 0 Å². The van der Waals surface area contributed by atoms with Crippen LogP contribution >= 0.6 is 11.8 Å². The number of nitrogens with one attached hydrogen (secondary N) is 2. The van der Waals surface area contributed by atoms with Gasteiger partial charge in [-0.3, -0.25) is 10.1 Å². The number of benzene rings is 1. The molecule has 0 unspecified atom stereocenters. The van der Waals surface area contributed by atoms with Crippen molar-refractivity contribution in [2.45, 2.75) is 69.4 Å². The molecule has 150 valence electrons. The second kappa shape index (κ2) is 9.23. The summed E-state index contributed by atoms with van der Waals surface area (Å²) in [6.45, 7) is 5.77. The van der Waals surface area contributed by atoms with E-state index >= 15 is 0 Å². The van der Waals surface area contributed by atoms with E-state index in [0.717, 1.165) is 48.6 Å². The Morgan fingerprint density at radius 3 is 2.61 bits per heavy atom. The second-order valence-electron chi connectivity index (χ2n) is 7.23. The molecular formula is C20H26N4O3S. The molecule has 1 aliphatic carbocycles. The molecule has 7 nitrogen and oxygen atoms in total. The van der Waals surface area contributed by atoms with Gasteiger partial charge in [-0.25, -0.2) is 4.79 Å². The SMILES string of the molecule is Cc1ccc(-c2nnc(S[C@@H](C)C(=O)NC(=O)NC3CCCCC3)o2)cc1C. The number of imide groups is 1. The lowest BCUT2D eigenvalue weighted by Crippen LogP contribution is -2.47. The quantitative estimate of drug-likeness (QED) is 0.734. The van der Waals surface area contributed by atoms with Crippen molar-refractivity contribution in [2.24, 2.45) is 0 Å². The van der Waals surface area contributed by atoms with Crippen molar-refractivity contribution in [1.29, 1.82) is 0 Å². The van der Waals surface area contributed by atoms with E-state index in [1.807, 2.05) is 32.0 Å². The zero-order valence-corrected chi connectivity index (χ0v) is 17.3. The van der Waals surface area contributed by atoms with Gasteiger partial charge in [-0.05, 0) is 56.9 Å². The number of carbonyl (C=O) groups excluding carboxylic acids is 2. The summed E-state index contributed by atoms with van der Waals surface area (Å²) in [4.78, 5) is 24.3. The molecule has 1 heterocycles. The molecule has 1 fully saturated rings.